The third-order valence-electron chi connectivity index (χ3n) is 3.67. The maximum absolute atomic E-state index is 11.8. The zero-order valence-corrected chi connectivity index (χ0v) is 13.3. The number of carbonyl (C=O) groups excluding carboxylic acids is 1. The molecule has 0 aliphatic heterocycles. The lowest BCUT2D eigenvalue weighted by Gasteiger charge is -2.19. The van der Waals surface area contributed by atoms with Crippen LogP contribution in [0.2, 0.25) is 0 Å². The topological polar surface area (TPSA) is 89.9 Å². The highest BCUT2D eigenvalue weighted by atomic mass is 16.4. The fraction of sp³-hybridized carbons (Fsp3) is 0.867. The third-order valence-corrected chi connectivity index (χ3v) is 3.67. The molecule has 0 bridgehead atoms. The summed E-state index contributed by atoms with van der Waals surface area (Å²) in [6.07, 6.45) is 5.18. The Bertz CT molecular complexity index is 297. The summed E-state index contributed by atoms with van der Waals surface area (Å²) in [6.45, 7) is 3.51. The van der Waals surface area contributed by atoms with E-state index in [-0.39, 0.29) is 19.1 Å². The monoisotopic (exact) mass is 302 g/mol. The standard InChI is InChI=1S/C15H30N2O4/c1-3-13(7-8-14(19)20)9-10-16-15(21)17(2)11-5-4-6-12-18/h13,18H,3-12H2,1-2H3,(H,16,21)(H,19,20). The Morgan fingerprint density at radius 1 is 1.19 bits per heavy atom. The zero-order valence-electron chi connectivity index (χ0n) is 13.3. The van der Waals surface area contributed by atoms with E-state index in [9.17, 15) is 9.59 Å². The number of carbonyl (C=O) groups is 2. The minimum absolute atomic E-state index is 0.0907. The van der Waals surface area contributed by atoms with Crippen LogP contribution in [0.5, 0.6) is 0 Å². The number of hydrogen-bond donors (Lipinski definition) is 3. The molecule has 0 saturated carbocycles. The minimum atomic E-state index is -0.764. The number of aliphatic carboxylic acids is 1. The van der Waals surface area contributed by atoms with Gasteiger partial charge >= 0.3 is 12.0 Å². The van der Waals surface area contributed by atoms with Gasteiger partial charge in [0.05, 0.1) is 0 Å². The van der Waals surface area contributed by atoms with Gasteiger partial charge in [0.2, 0.25) is 0 Å². The molecular weight excluding hydrogens is 272 g/mol. The van der Waals surface area contributed by atoms with Crippen molar-refractivity contribution in [3.8, 4) is 0 Å². The van der Waals surface area contributed by atoms with E-state index in [0.717, 1.165) is 32.1 Å². The van der Waals surface area contributed by atoms with Crippen molar-refractivity contribution >= 4 is 12.0 Å². The summed E-state index contributed by atoms with van der Waals surface area (Å²) in [6, 6.07) is -0.0907. The molecule has 0 heterocycles. The summed E-state index contributed by atoms with van der Waals surface area (Å²) in [5.41, 5.74) is 0. The number of aliphatic hydroxyl groups is 1. The molecule has 0 fully saturated rings. The predicted molar refractivity (Wildman–Crippen MR) is 82.2 cm³/mol. The van der Waals surface area contributed by atoms with Crippen LogP contribution in [0.4, 0.5) is 4.79 Å². The number of carboxylic acids is 1. The van der Waals surface area contributed by atoms with E-state index in [1.54, 1.807) is 11.9 Å². The van der Waals surface area contributed by atoms with Gasteiger partial charge in [0.1, 0.15) is 0 Å². The molecule has 0 aromatic heterocycles. The number of aliphatic hydroxyl groups excluding tert-OH is 1. The Balaban J connectivity index is 3.77. The molecule has 2 amide bonds. The van der Waals surface area contributed by atoms with Gasteiger partial charge < -0.3 is 20.4 Å². The molecule has 0 aliphatic rings. The normalized spacial score (nSPS) is 12.0. The number of unbranched alkanes of at least 4 members (excludes halogenated alkanes) is 2. The molecule has 0 aromatic rings. The van der Waals surface area contributed by atoms with Crippen LogP contribution in [-0.2, 0) is 4.79 Å². The highest BCUT2D eigenvalue weighted by Gasteiger charge is 2.11. The molecule has 3 N–H and O–H groups in total. The number of rotatable bonds is 12. The number of nitrogens with zero attached hydrogens (tertiary/aromatic N) is 1. The Morgan fingerprint density at radius 2 is 1.90 bits per heavy atom. The Labute approximate surface area is 127 Å². The van der Waals surface area contributed by atoms with Crippen LogP contribution < -0.4 is 5.32 Å². The molecule has 0 saturated heterocycles. The van der Waals surface area contributed by atoms with E-state index in [1.807, 2.05) is 6.92 Å². The number of hydrogen-bond acceptors (Lipinski definition) is 3. The molecule has 1 atom stereocenters. The van der Waals surface area contributed by atoms with Gasteiger partial charge in [-0.15, -0.1) is 0 Å². The molecular formula is C15H30N2O4. The summed E-state index contributed by atoms with van der Waals surface area (Å²) in [4.78, 5) is 24.0. The second-order valence-corrected chi connectivity index (χ2v) is 5.43. The maximum Gasteiger partial charge on any atom is 0.317 e. The van der Waals surface area contributed by atoms with E-state index < -0.39 is 5.97 Å². The molecule has 0 aromatic carbocycles. The molecule has 6 heteroatoms. The quantitative estimate of drug-likeness (QED) is 0.481. The van der Waals surface area contributed by atoms with Gasteiger partial charge in [0.25, 0.3) is 0 Å². The number of carboxylic acid groups (broad SMARTS) is 1. The van der Waals surface area contributed by atoms with Gasteiger partial charge in [-0.3, -0.25) is 4.79 Å². The van der Waals surface area contributed by atoms with Crippen LogP contribution in [0.3, 0.4) is 0 Å². The molecule has 0 rings (SSSR count). The van der Waals surface area contributed by atoms with Crippen LogP contribution in [0.1, 0.15) is 51.9 Å². The van der Waals surface area contributed by atoms with Crippen LogP contribution in [0.15, 0.2) is 0 Å². The highest BCUT2D eigenvalue weighted by Crippen LogP contribution is 2.14. The van der Waals surface area contributed by atoms with Gasteiger partial charge in [-0.2, -0.15) is 0 Å². The van der Waals surface area contributed by atoms with Crippen molar-refractivity contribution in [2.75, 3.05) is 26.7 Å². The summed E-state index contributed by atoms with van der Waals surface area (Å²) < 4.78 is 0. The first kappa shape index (κ1) is 19.7. The second kappa shape index (κ2) is 12.4. The lowest BCUT2D eigenvalue weighted by molar-refractivity contribution is -0.137. The maximum atomic E-state index is 11.8. The van der Waals surface area contributed by atoms with E-state index in [0.29, 0.717) is 25.4 Å². The first-order chi connectivity index (χ1) is 10.0. The van der Waals surface area contributed by atoms with E-state index >= 15 is 0 Å². The van der Waals surface area contributed by atoms with E-state index in [1.165, 1.54) is 0 Å². The Kier molecular flexibility index (Phi) is 11.7. The molecule has 1 unspecified atom stereocenters. The molecule has 0 radical (unpaired) electrons. The molecule has 0 spiro atoms. The van der Waals surface area contributed by atoms with Crippen molar-refractivity contribution in [1.29, 1.82) is 0 Å². The lowest BCUT2D eigenvalue weighted by Crippen LogP contribution is -2.38. The van der Waals surface area contributed by atoms with E-state index in [4.69, 9.17) is 10.2 Å². The van der Waals surface area contributed by atoms with Gasteiger partial charge in [-0.1, -0.05) is 13.3 Å². The van der Waals surface area contributed by atoms with Crippen molar-refractivity contribution in [2.45, 2.75) is 51.9 Å². The van der Waals surface area contributed by atoms with Gasteiger partial charge in [-0.05, 0) is 38.0 Å². The minimum Gasteiger partial charge on any atom is -0.481 e. The molecule has 124 valence electrons. The SMILES string of the molecule is CCC(CCNC(=O)N(C)CCCCCO)CCC(=O)O. The van der Waals surface area contributed by atoms with Crippen LogP contribution >= 0.6 is 0 Å². The summed E-state index contributed by atoms with van der Waals surface area (Å²) in [7, 11) is 1.76. The smallest absolute Gasteiger partial charge is 0.317 e. The highest BCUT2D eigenvalue weighted by molar-refractivity contribution is 5.73. The lowest BCUT2D eigenvalue weighted by atomic mass is 9.97. The average molecular weight is 302 g/mol. The predicted octanol–water partition coefficient (Wildman–Crippen LogP) is 2.07. The van der Waals surface area contributed by atoms with Gasteiger partial charge in [0.15, 0.2) is 0 Å². The first-order valence-corrected chi connectivity index (χ1v) is 7.82. The summed E-state index contributed by atoms with van der Waals surface area (Å²) in [5, 5.41) is 20.2. The fourth-order valence-electron chi connectivity index (χ4n) is 2.14. The second-order valence-electron chi connectivity index (χ2n) is 5.43. The average Bonchev–Trinajstić information content (AvgIpc) is 2.46. The molecule has 21 heavy (non-hydrogen) atoms. The fourth-order valence-corrected chi connectivity index (χ4v) is 2.14. The Hall–Kier alpha value is -1.30. The van der Waals surface area contributed by atoms with Crippen molar-refractivity contribution in [3.63, 3.8) is 0 Å². The Morgan fingerprint density at radius 3 is 2.48 bits per heavy atom. The zero-order chi connectivity index (χ0) is 16.1. The molecule has 0 aliphatic carbocycles. The van der Waals surface area contributed by atoms with Gasteiger partial charge in [0, 0.05) is 33.2 Å². The van der Waals surface area contributed by atoms with Gasteiger partial charge in [-0.25, -0.2) is 4.79 Å². The largest absolute Gasteiger partial charge is 0.481 e. The van der Waals surface area contributed by atoms with Crippen LogP contribution in [-0.4, -0.2) is 53.9 Å². The van der Waals surface area contributed by atoms with Crippen molar-refractivity contribution in [3.05, 3.63) is 0 Å². The van der Waals surface area contributed by atoms with Crippen molar-refractivity contribution < 1.29 is 19.8 Å². The van der Waals surface area contributed by atoms with E-state index in [2.05, 4.69) is 5.32 Å². The van der Waals surface area contributed by atoms with Crippen molar-refractivity contribution in [2.24, 2.45) is 5.92 Å². The number of nitrogens with one attached hydrogen (secondary N) is 1. The van der Waals surface area contributed by atoms with Crippen LogP contribution in [0, 0.1) is 5.92 Å². The number of amides is 2. The first-order valence-electron chi connectivity index (χ1n) is 7.82. The molecule has 6 nitrogen and oxygen atoms in total. The van der Waals surface area contributed by atoms with Crippen molar-refractivity contribution in [1.82, 2.24) is 10.2 Å². The third kappa shape index (κ3) is 11.1. The summed E-state index contributed by atoms with van der Waals surface area (Å²) in [5.74, 6) is -0.420. The number of urea groups is 1. The van der Waals surface area contributed by atoms with Crippen LogP contribution in [0.25, 0.3) is 0 Å². The summed E-state index contributed by atoms with van der Waals surface area (Å²) >= 11 is 0.